The molecule has 104 valence electrons. The standard InChI is InChI=1S/C17H15N3O/c21-17(20-13-5-6-13)12-3-1-11(2-4-12)16-14-7-9-18-15(14)8-10-19-16/h1-4,7-10,13,18H,5-6H2,(H,20,21). The van der Waals surface area contributed by atoms with E-state index in [0.29, 0.717) is 11.6 Å². The Morgan fingerprint density at radius 3 is 2.71 bits per heavy atom. The highest BCUT2D eigenvalue weighted by Crippen LogP contribution is 2.26. The van der Waals surface area contributed by atoms with Crippen LogP contribution in [0.2, 0.25) is 0 Å². The number of carbonyl (C=O) groups is 1. The van der Waals surface area contributed by atoms with Gasteiger partial charge in [-0.05, 0) is 37.1 Å². The quantitative estimate of drug-likeness (QED) is 0.772. The number of nitrogens with zero attached hydrogens (tertiary/aromatic N) is 1. The average Bonchev–Trinajstić information content (AvgIpc) is 3.20. The van der Waals surface area contributed by atoms with Gasteiger partial charge in [-0.2, -0.15) is 0 Å². The smallest absolute Gasteiger partial charge is 0.251 e. The predicted molar refractivity (Wildman–Crippen MR) is 82.0 cm³/mol. The number of benzene rings is 1. The molecule has 0 saturated heterocycles. The second kappa shape index (κ2) is 4.74. The highest BCUT2D eigenvalue weighted by Gasteiger charge is 2.23. The van der Waals surface area contributed by atoms with Crippen molar-refractivity contribution in [2.45, 2.75) is 18.9 Å². The molecule has 2 heterocycles. The minimum atomic E-state index is 0.0110. The van der Waals surface area contributed by atoms with Gasteiger partial charge in [0.2, 0.25) is 0 Å². The Morgan fingerprint density at radius 2 is 1.95 bits per heavy atom. The first-order valence-electron chi connectivity index (χ1n) is 7.15. The zero-order chi connectivity index (χ0) is 14.2. The van der Waals surface area contributed by atoms with Gasteiger partial charge in [0.15, 0.2) is 0 Å². The second-order valence-electron chi connectivity index (χ2n) is 5.42. The SMILES string of the molecule is O=C(NC1CC1)c1ccc(-c2nccc3[nH]ccc23)cc1. The fourth-order valence-electron chi connectivity index (χ4n) is 2.49. The summed E-state index contributed by atoms with van der Waals surface area (Å²) < 4.78 is 0. The molecule has 0 radical (unpaired) electrons. The van der Waals surface area contributed by atoms with Crippen molar-refractivity contribution in [1.29, 1.82) is 0 Å². The molecule has 4 nitrogen and oxygen atoms in total. The minimum Gasteiger partial charge on any atom is -0.361 e. The Kier molecular flexibility index (Phi) is 2.74. The van der Waals surface area contributed by atoms with Gasteiger partial charge in [-0.1, -0.05) is 12.1 Å². The van der Waals surface area contributed by atoms with Gasteiger partial charge >= 0.3 is 0 Å². The number of hydrogen-bond acceptors (Lipinski definition) is 2. The summed E-state index contributed by atoms with van der Waals surface area (Å²) in [6.45, 7) is 0. The van der Waals surface area contributed by atoms with Crippen LogP contribution in [0.3, 0.4) is 0 Å². The van der Waals surface area contributed by atoms with Crippen LogP contribution in [-0.4, -0.2) is 21.9 Å². The van der Waals surface area contributed by atoms with Crippen molar-refractivity contribution in [1.82, 2.24) is 15.3 Å². The molecule has 0 spiro atoms. The number of aromatic nitrogens is 2. The third-order valence-electron chi connectivity index (χ3n) is 3.81. The molecular formula is C17H15N3O. The topological polar surface area (TPSA) is 57.8 Å². The van der Waals surface area contributed by atoms with Gasteiger partial charge in [-0.25, -0.2) is 0 Å². The predicted octanol–water partition coefficient (Wildman–Crippen LogP) is 3.12. The lowest BCUT2D eigenvalue weighted by Crippen LogP contribution is -2.25. The van der Waals surface area contributed by atoms with Gasteiger partial charge in [0.05, 0.1) is 5.69 Å². The maximum Gasteiger partial charge on any atom is 0.251 e. The average molecular weight is 277 g/mol. The van der Waals surface area contributed by atoms with E-state index >= 15 is 0 Å². The maximum absolute atomic E-state index is 12.0. The van der Waals surface area contributed by atoms with Crippen LogP contribution in [0.4, 0.5) is 0 Å². The number of H-pyrrole nitrogens is 1. The summed E-state index contributed by atoms with van der Waals surface area (Å²) in [7, 11) is 0. The van der Waals surface area contributed by atoms with Crippen LogP contribution in [0.25, 0.3) is 22.2 Å². The Labute approximate surface area is 122 Å². The first-order valence-corrected chi connectivity index (χ1v) is 7.15. The summed E-state index contributed by atoms with van der Waals surface area (Å²) in [6, 6.07) is 12.0. The molecule has 1 aliphatic carbocycles. The van der Waals surface area contributed by atoms with Crippen LogP contribution < -0.4 is 5.32 Å². The van der Waals surface area contributed by atoms with E-state index in [9.17, 15) is 4.79 Å². The molecule has 1 aliphatic rings. The molecule has 21 heavy (non-hydrogen) atoms. The van der Waals surface area contributed by atoms with E-state index in [0.717, 1.165) is 35.0 Å². The lowest BCUT2D eigenvalue weighted by molar-refractivity contribution is 0.0951. The van der Waals surface area contributed by atoms with Gasteiger partial charge < -0.3 is 10.3 Å². The largest absolute Gasteiger partial charge is 0.361 e. The molecule has 4 heteroatoms. The number of carbonyl (C=O) groups excluding carboxylic acids is 1. The minimum absolute atomic E-state index is 0.0110. The van der Waals surface area contributed by atoms with Crippen LogP contribution in [0, 0.1) is 0 Å². The van der Waals surface area contributed by atoms with E-state index in [-0.39, 0.29) is 5.91 Å². The van der Waals surface area contributed by atoms with Crippen molar-refractivity contribution in [3.8, 4) is 11.3 Å². The van der Waals surface area contributed by atoms with E-state index in [1.807, 2.05) is 42.6 Å². The zero-order valence-corrected chi connectivity index (χ0v) is 11.5. The number of amides is 1. The molecule has 1 amide bonds. The highest BCUT2D eigenvalue weighted by atomic mass is 16.1. The fourth-order valence-corrected chi connectivity index (χ4v) is 2.49. The van der Waals surface area contributed by atoms with Crippen LogP contribution in [0.15, 0.2) is 48.8 Å². The lowest BCUT2D eigenvalue weighted by Gasteiger charge is -2.06. The molecule has 0 aliphatic heterocycles. The van der Waals surface area contributed by atoms with Gasteiger partial charge in [0.25, 0.3) is 5.91 Å². The monoisotopic (exact) mass is 277 g/mol. The summed E-state index contributed by atoms with van der Waals surface area (Å²) in [6.07, 6.45) is 5.90. The Morgan fingerprint density at radius 1 is 1.14 bits per heavy atom. The lowest BCUT2D eigenvalue weighted by atomic mass is 10.1. The van der Waals surface area contributed by atoms with Crippen LogP contribution >= 0.6 is 0 Å². The summed E-state index contributed by atoms with van der Waals surface area (Å²) >= 11 is 0. The zero-order valence-electron chi connectivity index (χ0n) is 11.5. The third kappa shape index (κ3) is 2.29. The van der Waals surface area contributed by atoms with Crippen molar-refractivity contribution in [3.63, 3.8) is 0 Å². The molecule has 0 bridgehead atoms. The number of fused-ring (bicyclic) bond motifs is 1. The number of nitrogens with one attached hydrogen (secondary N) is 2. The van der Waals surface area contributed by atoms with Crippen molar-refractivity contribution in [3.05, 3.63) is 54.4 Å². The number of rotatable bonds is 3. The number of aromatic amines is 1. The summed E-state index contributed by atoms with van der Waals surface area (Å²) in [5.74, 6) is 0.0110. The van der Waals surface area contributed by atoms with E-state index in [1.54, 1.807) is 6.20 Å². The summed E-state index contributed by atoms with van der Waals surface area (Å²) in [5, 5.41) is 4.09. The molecule has 0 unspecified atom stereocenters. The molecule has 1 aromatic carbocycles. The van der Waals surface area contributed by atoms with E-state index in [4.69, 9.17) is 0 Å². The fraction of sp³-hybridized carbons (Fsp3) is 0.176. The second-order valence-corrected chi connectivity index (χ2v) is 5.42. The van der Waals surface area contributed by atoms with Crippen molar-refractivity contribution < 1.29 is 4.79 Å². The number of pyridine rings is 1. The Balaban J connectivity index is 1.66. The molecular weight excluding hydrogens is 262 g/mol. The van der Waals surface area contributed by atoms with Gasteiger partial charge in [0.1, 0.15) is 0 Å². The van der Waals surface area contributed by atoms with E-state index < -0.39 is 0 Å². The molecule has 3 aromatic rings. The first kappa shape index (κ1) is 12.1. The Hall–Kier alpha value is -2.62. The van der Waals surface area contributed by atoms with Crippen molar-refractivity contribution in [2.75, 3.05) is 0 Å². The molecule has 1 fully saturated rings. The molecule has 0 atom stereocenters. The Bertz CT molecular complexity index is 800. The maximum atomic E-state index is 12.0. The third-order valence-corrected chi connectivity index (χ3v) is 3.81. The highest BCUT2D eigenvalue weighted by molar-refractivity contribution is 5.96. The van der Waals surface area contributed by atoms with Gasteiger partial charge in [0, 0.05) is 40.5 Å². The molecule has 2 aromatic heterocycles. The summed E-state index contributed by atoms with van der Waals surface area (Å²) in [4.78, 5) is 19.6. The van der Waals surface area contributed by atoms with Gasteiger partial charge in [-0.3, -0.25) is 9.78 Å². The molecule has 2 N–H and O–H groups in total. The molecule has 4 rings (SSSR count). The van der Waals surface area contributed by atoms with Gasteiger partial charge in [-0.15, -0.1) is 0 Å². The van der Waals surface area contributed by atoms with Crippen LogP contribution in [0.1, 0.15) is 23.2 Å². The number of hydrogen-bond donors (Lipinski definition) is 2. The molecule has 1 saturated carbocycles. The summed E-state index contributed by atoms with van der Waals surface area (Å²) in [5.41, 5.74) is 3.72. The normalized spacial score (nSPS) is 14.3. The van der Waals surface area contributed by atoms with Crippen molar-refractivity contribution >= 4 is 16.8 Å². The van der Waals surface area contributed by atoms with E-state index in [2.05, 4.69) is 15.3 Å². The van der Waals surface area contributed by atoms with Crippen LogP contribution in [-0.2, 0) is 0 Å². The van der Waals surface area contributed by atoms with Crippen LogP contribution in [0.5, 0.6) is 0 Å². The van der Waals surface area contributed by atoms with Crippen molar-refractivity contribution in [2.24, 2.45) is 0 Å². The first-order chi connectivity index (χ1) is 10.3. The van der Waals surface area contributed by atoms with E-state index in [1.165, 1.54) is 0 Å².